The zero-order chi connectivity index (χ0) is 61.7. The fourth-order valence-electron chi connectivity index (χ4n) is 15.9. The summed E-state index contributed by atoms with van der Waals surface area (Å²) in [6.45, 7) is 10.00. The van der Waals surface area contributed by atoms with Crippen LogP contribution in [0.5, 0.6) is 0 Å². The van der Waals surface area contributed by atoms with Crippen molar-refractivity contribution in [2.75, 3.05) is 19.6 Å². The van der Waals surface area contributed by atoms with E-state index in [0.717, 1.165) is 69.0 Å². The van der Waals surface area contributed by atoms with E-state index in [9.17, 15) is 0 Å². The van der Waals surface area contributed by atoms with E-state index < -0.39 is 0 Å². The first-order valence-corrected chi connectivity index (χ1v) is 32.4. The Balaban J connectivity index is 0.780. The van der Waals surface area contributed by atoms with Crippen LogP contribution in [0.2, 0.25) is 0 Å². The van der Waals surface area contributed by atoms with Gasteiger partial charge in [-0.05, 0) is 194 Å². The molecule has 0 amide bonds. The van der Waals surface area contributed by atoms with Gasteiger partial charge in [0.25, 0.3) is 0 Å². The minimum atomic E-state index is -0.364. The van der Waals surface area contributed by atoms with Gasteiger partial charge in [-0.1, -0.05) is 228 Å². The molecule has 0 spiro atoms. The molecule has 4 heteroatoms. The van der Waals surface area contributed by atoms with Gasteiger partial charge < -0.3 is 19.6 Å². The van der Waals surface area contributed by atoms with Crippen LogP contribution in [0.1, 0.15) is 56.4 Å². The number of hydrogen-bond donors (Lipinski definition) is 0. The highest BCUT2D eigenvalue weighted by Gasteiger charge is 2.50. The van der Waals surface area contributed by atoms with E-state index in [1.807, 2.05) is 0 Å². The van der Waals surface area contributed by atoms with Crippen LogP contribution in [0.4, 0.5) is 62.6 Å². The molecule has 17 rings (SSSR count). The van der Waals surface area contributed by atoms with Gasteiger partial charge in [-0.15, -0.1) is 0 Å². The molecule has 0 aliphatic heterocycles. The second-order valence-electron chi connectivity index (χ2n) is 25.9. The zero-order valence-corrected chi connectivity index (χ0v) is 52.2. The maximum Gasteiger partial charge on any atom is 0.0543 e. The second-order valence-corrected chi connectivity index (χ2v) is 25.9. The topological polar surface area (TPSA) is 13.0 Å². The highest BCUT2D eigenvalue weighted by atomic mass is 15.2. The number of anilines is 11. The third-order valence-corrected chi connectivity index (χ3v) is 20.0. The zero-order valence-electron chi connectivity index (χ0n) is 52.2. The van der Waals surface area contributed by atoms with Crippen molar-refractivity contribution in [1.82, 2.24) is 0 Å². The van der Waals surface area contributed by atoms with Crippen molar-refractivity contribution < 1.29 is 0 Å². The Labute approximate surface area is 539 Å². The summed E-state index contributed by atoms with van der Waals surface area (Å²) in [6.07, 6.45) is 10.6. The molecule has 4 aliphatic carbocycles. The van der Waals surface area contributed by atoms with Gasteiger partial charge in [0.1, 0.15) is 0 Å². The average Bonchev–Trinajstić information content (AvgIpc) is 1.52. The second kappa shape index (κ2) is 21.8. The number of benzene rings is 13. The monoisotopic (exact) mass is 1180 g/mol. The number of rotatable bonds is 12. The smallest absolute Gasteiger partial charge is 0.0543 e. The van der Waals surface area contributed by atoms with Gasteiger partial charge >= 0.3 is 0 Å². The Bertz CT molecular complexity index is 5160. The van der Waals surface area contributed by atoms with Crippen molar-refractivity contribution in [3.63, 3.8) is 0 Å². The van der Waals surface area contributed by atoms with Crippen molar-refractivity contribution in [2.45, 2.75) is 44.9 Å². The Hall–Kier alpha value is -11.2. The summed E-state index contributed by atoms with van der Waals surface area (Å²) in [5.74, 6) is 0.163. The minimum Gasteiger partial charge on any atom is -0.310 e. The number of hydrogen-bond acceptors (Lipinski definition) is 4. The summed E-state index contributed by atoms with van der Waals surface area (Å²) >= 11 is 0. The number of allylic oxidation sites excluding steroid dienone is 7. The Morgan fingerprint density at radius 2 is 0.728 bits per heavy atom. The molecule has 0 bridgehead atoms. The standard InChI is InChI=1S/C88H68N4/c1-87(2)77-57-81(91(63-35-13-7-14-36-63)67-51-47-65(48-52-67)89(61-31-9-5-10-32-61)79-45-25-29-59-27-17-19-39-69(59)79)71-41-21-23-43-73(71)83(77)75-55-56-76-84-74-44-24-22-42-72(74)82(58-78(84)88(3,4)86(76)85(75)87)92(64-37-15-8-16-38-64)68-53-49-66(50-54-68)90(62-33-11-6-12-34-62)80-46-26-30-60-28-18-20-40-70(60)80/h5-43,45-58,74H,44H2,1-4H3. The molecule has 13 aromatic rings. The van der Waals surface area contributed by atoms with E-state index in [0.29, 0.717) is 0 Å². The summed E-state index contributed by atoms with van der Waals surface area (Å²) in [5, 5.41) is 7.32. The van der Waals surface area contributed by atoms with Crippen molar-refractivity contribution in [3.8, 4) is 11.1 Å². The van der Waals surface area contributed by atoms with E-state index in [-0.39, 0.29) is 16.7 Å². The molecule has 0 aromatic heterocycles. The van der Waals surface area contributed by atoms with Crippen LogP contribution in [-0.4, -0.2) is 0 Å². The summed E-state index contributed by atoms with van der Waals surface area (Å²) in [6, 6.07) is 109. The molecule has 0 saturated carbocycles. The molecule has 1 unspecified atom stereocenters. The molecule has 92 heavy (non-hydrogen) atoms. The van der Waals surface area contributed by atoms with Crippen LogP contribution < -0.4 is 19.6 Å². The van der Waals surface area contributed by atoms with Gasteiger partial charge in [-0.25, -0.2) is 0 Å². The minimum absolute atomic E-state index is 0.163. The van der Waals surface area contributed by atoms with Crippen molar-refractivity contribution in [3.05, 3.63) is 361 Å². The molecule has 0 heterocycles. The number of para-hydroxylation sites is 4. The van der Waals surface area contributed by atoms with E-state index in [4.69, 9.17) is 0 Å². The maximum absolute atomic E-state index is 2.57. The molecule has 0 fully saturated rings. The van der Waals surface area contributed by atoms with E-state index in [1.165, 1.54) is 88.1 Å². The molecule has 0 N–H and O–H groups in total. The normalized spacial score (nSPS) is 15.5. The highest BCUT2D eigenvalue weighted by molar-refractivity contribution is 6.11. The molecular weight excluding hydrogens is 1110 g/mol. The molecule has 440 valence electrons. The molecule has 4 aliphatic rings. The van der Waals surface area contributed by atoms with Crippen molar-refractivity contribution in [2.24, 2.45) is 5.92 Å². The van der Waals surface area contributed by atoms with Gasteiger partial charge in [0, 0.05) is 78.4 Å². The third kappa shape index (κ3) is 8.73. The first-order valence-electron chi connectivity index (χ1n) is 32.4. The third-order valence-electron chi connectivity index (χ3n) is 20.0. The van der Waals surface area contributed by atoms with Crippen molar-refractivity contribution >= 4 is 100 Å². The molecule has 0 saturated heterocycles. The lowest BCUT2D eigenvalue weighted by molar-refractivity contribution is 0.595. The molecule has 1 atom stereocenters. The van der Waals surface area contributed by atoms with Gasteiger partial charge in [0.2, 0.25) is 0 Å². The Morgan fingerprint density at radius 1 is 0.337 bits per heavy atom. The van der Waals surface area contributed by atoms with Crippen molar-refractivity contribution in [1.29, 1.82) is 0 Å². The average molecular weight is 1180 g/mol. The lowest BCUT2D eigenvalue weighted by Gasteiger charge is -2.38. The van der Waals surface area contributed by atoms with Gasteiger partial charge in [-0.2, -0.15) is 0 Å². The predicted molar refractivity (Wildman–Crippen MR) is 389 cm³/mol. The van der Waals surface area contributed by atoms with Gasteiger partial charge in [0.15, 0.2) is 0 Å². The predicted octanol–water partition coefficient (Wildman–Crippen LogP) is 24.1. The van der Waals surface area contributed by atoms with Gasteiger partial charge in [0.05, 0.1) is 22.8 Å². The molecule has 0 radical (unpaired) electrons. The summed E-state index contributed by atoms with van der Waals surface area (Å²) in [5.41, 5.74) is 25.3. The fourth-order valence-corrected chi connectivity index (χ4v) is 15.9. The van der Waals surface area contributed by atoms with Crippen LogP contribution in [0, 0.1) is 5.92 Å². The first kappa shape index (κ1) is 54.9. The van der Waals surface area contributed by atoms with Crippen LogP contribution in [-0.2, 0) is 10.8 Å². The summed E-state index contributed by atoms with van der Waals surface area (Å²) < 4.78 is 0. The number of nitrogens with zero attached hydrogens (tertiary/aromatic N) is 4. The SMILES string of the molecule is CC1(C)C2=C(c3ccc4c(c31)C(C)(C)c1cc(N(c3ccccc3)c3ccc(N(c5ccccc5)c5cccc6ccccc56)cc3)c3ccccc3c1-4)C1CC=CC=C1C(N(c1ccccc1)c1ccc(N(c3ccccc3)c3cccc4ccccc34)cc1)=C2. The summed E-state index contributed by atoms with van der Waals surface area (Å²) in [4.78, 5) is 9.79. The van der Waals surface area contributed by atoms with Crippen LogP contribution >= 0.6 is 0 Å². The first-order chi connectivity index (χ1) is 45.2. The lowest BCUT2D eigenvalue weighted by Crippen LogP contribution is -2.28. The maximum atomic E-state index is 2.57. The Morgan fingerprint density at radius 3 is 1.24 bits per heavy atom. The quantitative estimate of drug-likeness (QED) is 0.121. The molecule has 13 aromatic carbocycles. The van der Waals surface area contributed by atoms with E-state index in [1.54, 1.807) is 0 Å². The van der Waals surface area contributed by atoms with Crippen LogP contribution in [0.3, 0.4) is 0 Å². The molecule has 4 nitrogen and oxygen atoms in total. The fraction of sp³-hybridized carbons (Fsp3) is 0.0909. The van der Waals surface area contributed by atoms with E-state index >= 15 is 0 Å². The van der Waals surface area contributed by atoms with Crippen LogP contribution in [0.15, 0.2) is 338 Å². The Kier molecular flexibility index (Phi) is 13.0. The van der Waals surface area contributed by atoms with Gasteiger partial charge in [-0.3, -0.25) is 0 Å². The molecular formula is C88H68N4. The number of fused-ring (bicyclic) bond motifs is 12. The lowest BCUT2D eigenvalue weighted by atomic mass is 9.71. The highest BCUT2D eigenvalue weighted by Crippen LogP contribution is 2.64. The largest absolute Gasteiger partial charge is 0.310 e. The van der Waals surface area contributed by atoms with E-state index in [2.05, 4.69) is 369 Å². The van der Waals surface area contributed by atoms with Crippen LogP contribution in [0.25, 0.3) is 49.0 Å². The summed E-state index contributed by atoms with van der Waals surface area (Å²) in [7, 11) is 0.